The molecule has 0 aliphatic heterocycles. The van der Waals surface area contributed by atoms with Crippen LogP contribution in [0.15, 0.2) is 6.08 Å². The van der Waals surface area contributed by atoms with Crippen molar-refractivity contribution < 1.29 is 8.42 Å². The molecule has 0 aliphatic rings. The molecular weight excluding hydrogens is 132 g/mol. The minimum absolute atomic E-state index is 0.190. The van der Waals surface area contributed by atoms with Gasteiger partial charge in [0.05, 0.1) is 0 Å². The first kappa shape index (κ1) is 6.78. The van der Waals surface area contributed by atoms with Crippen LogP contribution in [0.25, 0.3) is 0 Å². The van der Waals surface area contributed by atoms with Crippen molar-refractivity contribution in [3.63, 3.8) is 0 Å². The van der Waals surface area contributed by atoms with Gasteiger partial charge >= 0.3 is 27.9 Å². The zero-order valence-corrected chi connectivity index (χ0v) is 5.00. The molecule has 0 saturated heterocycles. The van der Waals surface area contributed by atoms with Crippen molar-refractivity contribution >= 4 is 23.3 Å². The van der Waals surface area contributed by atoms with Gasteiger partial charge in [0.15, 0.2) is 0 Å². The van der Waals surface area contributed by atoms with Crippen LogP contribution in [0.5, 0.6) is 0 Å². The monoisotopic (exact) mass is 135 g/mol. The lowest BCUT2D eigenvalue weighted by Gasteiger charge is -1.49. The maximum atomic E-state index is 9.68. The maximum Gasteiger partial charge on any atom is 0.541 e. The predicted molar refractivity (Wildman–Crippen MR) is 28.8 cm³/mol. The van der Waals surface area contributed by atoms with Crippen LogP contribution in [-0.2, 0) is 31.8 Å². The zero-order valence-electron chi connectivity index (χ0n) is 3.37. The first-order chi connectivity index (χ1) is 3.35. The molecule has 4 heteroatoms. The fraction of sp³-hybridized carbons (Fsp3) is 0.333. The van der Waals surface area contributed by atoms with E-state index in [9.17, 15) is 8.42 Å². The van der Waals surface area contributed by atoms with Crippen LogP contribution in [0.1, 0.15) is 0 Å². The molecule has 0 unspecified atom stereocenters. The molecule has 7 heavy (non-hydrogen) atoms. The van der Waals surface area contributed by atoms with E-state index in [4.69, 9.17) is 6.58 Å². The molecular formula is C3H3O2S2+2. The highest BCUT2D eigenvalue weighted by Gasteiger charge is 2.30. The van der Waals surface area contributed by atoms with Gasteiger partial charge in [-0.25, -0.2) is 0 Å². The normalized spacial score (nSPS) is 8.14. The van der Waals surface area contributed by atoms with Crippen LogP contribution < -0.4 is 0 Å². The van der Waals surface area contributed by atoms with Crippen LogP contribution in [0, 0.1) is 6.58 Å². The number of hydrogen-bond donors (Lipinski definition) is 0. The van der Waals surface area contributed by atoms with Gasteiger partial charge in [0, 0.05) is 14.5 Å². The molecule has 2 nitrogen and oxygen atoms in total. The first-order valence-electron chi connectivity index (χ1n) is 1.47. The Balaban J connectivity index is 3.57. The van der Waals surface area contributed by atoms with Crippen LogP contribution in [0.4, 0.5) is 0 Å². The van der Waals surface area contributed by atoms with E-state index in [0.717, 1.165) is 6.08 Å². The Morgan fingerprint density at radius 1 is 1.43 bits per heavy atom. The van der Waals surface area contributed by atoms with Crippen molar-refractivity contribution in [2.24, 2.45) is 0 Å². The maximum absolute atomic E-state index is 9.68. The van der Waals surface area contributed by atoms with E-state index in [1.54, 1.807) is 0 Å². The van der Waals surface area contributed by atoms with Gasteiger partial charge in [-0.2, -0.15) is 0 Å². The molecule has 37 valence electrons. The minimum atomic E-state index is -0.639. The Kier molecular flexibility index (Phi) is 3.83. The SMILES string of the molecule is [CH]=CC([S+]=O)[S+]=O. The van der Waals surface area contributed by atoms with Crippen molar-refractivity contribution in [1.29, 1.82) is 0 Å². The molecule has 1 radical (unpaired) electrons. The second-order valence-corrected chi connectivity index (χ2v) is 2.45. The van der Waals surface area contributed by atoms with Gasteiger partial charge in [0.1, 0.15) is 0 Å². The lowest BCUT2D eigenvalue weighted by Crippen LogP contribution is -1.94. The molecule has 0 aromatic rings. The third-order valence-electron chi connectivity index (χ3n) is 0.347. The van der Waals surface area contributed by atoms with E-state index >= 15 is 0 Å². The molecule has 0 aromatic heterocycles. The van der Waals surface area contributed by atoms with Crippen molar-refractivity contribution in [2.45, 2.75) is 4.58 Å². The fourth-order valence-corrected chi connectivity index (χ4v) is 0.337. The molecule has 0 rings (SSSR count). The molecule has 0 amide bonds. The first-order valence-corrected chi connectivity index (χ1v) is 3.08. The smallest absolute Gasteiger partial charge is 0.0543 e. The molecule has 0 fully saturated rings. The van der Waals surface area contributed by atoms with Gasteiger partial charge in [0.2, 0.25) is 0 Å². The van der Waals surface area contributed by atoms with E-state index in [0.29, 0.717) is 0 Å². The summed E-state index contributed by atoms with van der Waals surface area (Å²) < 4.78 is 18.7. The Morgan fingerprint density at radius 2 is 1.86 bits per heavy atom. The van der Waals surface area contributed by atoms with Gasteiger partial charge in [0.25, 0.3) is 0 Å². The summed E-state index contributed by atoms with van der Waals surface area (Å²) in [6.45, 7) is 4.83. The number of hydrogen-bond acceptors (Lipinski definition) is 2. The van der Waals surface area contributed by atoms with Crippen molar-refractivity contribution in [3.05, 3.63) is 12.7 Å². The molecule has 0 heterocycles. The van der Waals surface area contributed by atoms with Crippen molar-refractivity contribution in [2.75, 3.05) is 0 Å². The van der Waals surface area contributed by atoms with Gasteiger partial charge in [-0.05, 0) is 0 Å². The van der Waals surface area contributed by atoms with Crippen LogP contribution >= 0.6 is 0 Å². The lowest BCUT2D eigenvalue weighted by atomic mass is 10.8. The van der Waals surface area contributed by atoms with E-state index in [1.165, 1.54) is 0 Å². The molecule has 0 N–H and O–H groups in total. The summed E-state index contributed by atoms with van der Waals surface area (Å²) >= 11 is 0.380. The van der Waals surface area contributed by atoms with Crippen molar-refractivity contribution in [3.8, 4) is 0 Å². The fourth-order valence-electron chi connectivity index (χ4n) is 0.0802. The summed E-state index contributed by atoms with van der Waals surface area (Å²) in [5, 5.41) is 0. The summed E-state index contributed by atoms with van der Waals surface area (Å²) in [4.78, 5) is 0. The lowest BCUT2D eigenvalue weighted by molar-refractivity contribution is 0.599. The highest BCUT2D eigenvalue weighted by atomic mass is 32.2. The van der Waals surface area contributed by atoms with Gasteiger partial charge in [-0.15, -0.1) is 0 Å². The standard InChI is InChI=1S/C3H3O2S2/c1-2-3(6-4)7-5/h1-3H/q+2. The second-order valence-electron chi connectivity index (χ2n) is 0.753. The summed E-state index contributed by atoms with van der Waals surface area (Å²) in [7, 11) is 0. The van der Waals surface area contributed by atoms with Gasteiger partial charge in [-0.1, -0.05) is 6.58 Å². The Morgan fingerprint density at radius 3 is 1.86 bits per heavy atom. The molecule has 0 atom stereocenters. The third-order valence-corrected chi connectivity index (χ3v) is 1.51. The highest BCUT2D eigenvalue weighted by Crippen LogP contribution is 1.81. The minimum Gasteiger partial charge on any atom is -0.0543 e. The average molecular weight is 135 g/mol. The second kappa shape index (κ2) is 3.95. The molecule has 0 spiro atoms. The summed E-state index contributed by atoms with van der Waals surface area (Å²) in [5.41, 5.74) is 0. The Labute approximate surface area is 49.6 Å². The number of rotatable bonds is 3. The summed E-state index contributed by atoms with van der Waals surface area (Å²) in [5.74, 6) is 0. The van der Waals surface area contributed by atoms with E-state index in [2.05, 4.69) is 0 Å². The molecule has 0 aromatic carbocycles. The summed E-state index contributed by atoms with van der Waals surface area (Å²) in [6, 6.07) is 0. The largest absolute Gasteiger partial charge is 0.541 e. The zero-order chi connectivity index (χ0) is 5.70. The molecule has 0 saturated carbocycles. The molecule has 0 bridgehead atoms. The van der Waals surface area contributed by atoms with E-state index in [-0.39, 0.29) is 23.3 Å². The molecule has 0 aliphatic carbocycles. The van der Waals surface area contributed by atoms with E-state index < -0.39 is 4.58 Å². The third kappa shape index (κ3) is 2.47. The quantitative estimate of drug-likeness (QED) is 0.408. The van der Waals surface area contributed by atoms with Crippen molar-refractivity contribution in [1.82, 2.24) is 0 Å². The van der Waals surface area contributed by atoms with Gasteiger partial charge < -0.3 is 0 Å². The average Bonchev–Trinajstić information content (AvgIpc) is 1.72. The van der Waals surface area contributed by atoms with E-state index in [1.807, 2.05) is 0 Å². The predicted octanol–water partition coefficient (Wildman–Crippen LogP) is 0.158. The Bertz CT molecular complexity index is 71.9. The Hall–Kier alpha value is -0.220. The topological polar surface area (TPSA) is 34.1 Å². The summed E-state index contributed by atoms with van der Waals surface area (Å²) in [6.07, 6.45) is 1.08. The van der Waals surface area contributed by atoms with Gasteiger partial charge in [-0.3, -0.25) is 0 Å². The van der Waals surface area contributed by atoms with Crippen LogP contribution in [0.2, 0.25) is 0 Å². The highest BCUT2D eigenvalue weighted by molar-refractivity contribution is 7.85. The van der Waals surface area contributed by atoms with Crippen LogP contribution in [0.3, 0.4) is 0 Å². The van der Waals surface area contributed by atoms with Crippen LogP contribution in [-0.4, -0.2) is 4.58 Å².